The highest BCUT2D eigenvalue weighted by atomic mass is 16.5. The first kappa shape index (κ1) is 13.8. The van der Waals surface area contributed by atoms with Crippen molar-refractivity contribution < 1.29 is 9.53 Å². The van der Waals surface area contributed by atoms with Crippen LogP contribution in [0.15, 0.2) is 36.8 Å². The lowest BCUT2D eigenvalue weighted by Crippen LogP contribution is -2.08. The number of carbonyl (C=O) groups is 1. The van der Waals surface area contributed by atoms with Gasteiger partial charge in [0.25, 0.3) is 0 Å². The molecule has 0 unspecified atom stereocenters. The van der Waals surface area contributed by atoms with Crippen LogP contribution in [0.25, 0.3) is 0 Å². The number of benzene rings is 1. The van der Waals surface area contributed by atoms with E-state index in [1.807, 2.05) is 6.07 Å². The zero-order valence-corrected chi connectivity index (χ0v) is 11.2. The fraction of sp³-hybridized carbons (Fsp3) is 0.214. The maximum absolute atomic E-state index is 11.6. The van der Waals surface area contributed by atoms with Crippen LogP contribution in [-0.4, -0.2) is 22.5 Å². The number of carbonyl (C=O) groups excluding carboxylic acids is 1. The summed E-state index contributed by atoms with van der Waals surface area (Å²) in [6.45, 7) is 2.64. The zero-order valence-electron chi connectivity index (χ0n) is 11.2. The van der Waals surface area contributed by atoms with Gasteiger partial charge in [-0.15, -0.1) is 0 Å². The van der Waals surface area contributed by atoms with Crippen LogP contribution in [0.4, 0.5) is 11.4 Å². The molecule has 2 rings (SSSR count). The molecule has 0 radical (unpaired) electrons. The Labute approximate surface area is 117 Å². The van der Waals surface area contributed by atoms with Gasteiger partial charge in [0.1, 0.15) is 6.33 Å². The van der Waals surface area contributed by atoms with Gasteiger partial charge in [-0.05, 0) is 31.2 Å². The number of rotatable bonds is 5. The number of anilines is 2. The number of hydrogen-bond acceptors (Lipinski definition) is 6. The molecule has 0 amide bonds. The number of esters is 1. The number of nitrogens with one attached hydrogen (secondary N) is 1. The van der Waals surface area contributed by atoms with Crippen LogP contribution < -0.4 is 11.1 Å². The van der Waals surface area contributed by atoms with E-state index in [9.17, 15) is 4.79 Å². The van der Waals surface area contributed by atoms with E-state index in [2.05, 4.69) is 15.3 Å². The van der Waals surface area contributed by atoms with Crippen molar-refractivity contribution in [3.63, 3.8) is 0 Å². The molecule has 104 valence electrons. The Morgan fingerprint density at radius 3 is 2.90 bits per heavy atom. The summed E-state index contributed by atoms with van der Waals surface area (Å²) < 4.78 is 4.92. The predicted molar refractivity (Wildman–Crippen MR) is 76.2 cm³/mol. The fourth-order valence-electron chi connectivity index (χ4n) is 1.67. The molecule has 3 N–H and O–H groups in total. The maximum Gasteiger partial charge on any atom is 0.338 e. The Kier molecular flexibility index (Phi) is 4.49. The van der Waals surface area contributed by atoms with E-state index in [1.165, 1.54) is 6.33 Å². The number of ether oxygens (including phenoxy) is 1. The smallest absolute Gasteiger partial charge is 0.338 e. The Morgan fingerprint density at radius 2 is 2.25 bits per heavy atom. The molecule has 6 nitrogen and oxygen atoms in total. The molecule has 0 aliphatic rings. The summed E-state index contributed by atoms with van der Waals surface area (Å²) in [7, 11) is 0. The van der Waals surface area contributed by atoms with Gasteiger partial charge < -0.3 is 15.8 Å². The van der Waals surface area contributed by atoms with Crippen molar-refractivity contribution in [2.24, 2.45) is 0 Å². The van der Waals surface area contributed by atoms with Gasteiger partial charge >= 0.3 is 5.97 Å². The zero-order chi connectivity index (χ0) is 14.4. The fourth-order valence-corrected chi connectivity index (χ4v) is 1.67. The third kappa shape index (κ3) is 3.44. The summed E-state index contributed by atoms with van der Waals surface area (Å²) in [5.41, 5.74) is 8.45. The minimum Gasteiger partial charge on any atom is -0.462 e. The molecule has 1 aromatic carbocycles. The first-order valence-corrected chi connectivity index (χ1v) is 6.26. The summed E-state index contributed by atoms with van der Waals surface area (Å²) in [6, 6.07) is 6.84. The molecule has 0 atom stereocenters. The summed E-state index contributed by atoms with van der Waals surface area (Å²) in [5.74, 6) is -0.374. The second kappa shape index (κ2) is 6.51. The van der Waals surface area contributed by atoms with Gasteiger partial charge in [-0.1, -0.05) is 0 Å². The minimum absolute atomic E-state index is 0.340. The number of aromatic nitrogens is 2. The minimum atomic E-state index is -0.374. The van der Waals surface area contributed by atoms with E-state index >= 15 is 0 Å². The molecule has 0 saturated heterocycles. The normalized spacial score (nSPS) is 10.1. The molecule has 0 aliphatic heterocycles. The van der Waals surface area contributed by atoms with Crippen molar-refractivity contribution in [2.75, 3.05) is 17.7 Å². The SMILES string of the molecule is CCOC(=O)c1ccc(NCc2ccncn2)c(N)c1. The van der Waals surface area contributed by atoms with Crippen molar-refractivity contribution in [1.82, 2.24) is 9.97 Å². The highest BCUT2D eigenvalue weighted by Gasteiger charge is 2.08. The summed E-state index contributed by atoms with van der Waals surface area (Å²) >= 11 is 0. The lowest BCUT2D eigenvalue weighted by molar-refractivity contribution is 0.0526. The second-order valence-corrected chi connectivity index (χ2v) is 4.08. The van der Waals surface area contributed by atoms with Gasteiger partial charge in [0, 0.05) is 6.20 Å². The van der Waals surface area contributed by atoms with Crippen LogP contribution in [0.1, 0.15) is 23.0 Å². The molecule has 2 aromatic rings. The molecule has 0 aliphatic carbocycles. The van der Waals surface area contributed by atoms with Crippen LogP contribution in [0.2, 0.25) is 0 Å². The van der Waals surface area contributed by atoms with Crippen LogP contribution >= 0.6 is 0 Å². The van der Waals surface area contributed by atoms with Crippen molar-refractivity contribution >= 4 is 17.3 Å². The summed E-state index contributed by atoms with van der Waals surface area (Å²) in [5, 5.41) is 3.16. The van der Waals surface area contributed by atoms with E-state index in [0.29, 0.717) is 24.4 Å². The maximum atomic E-state index is 11.6. The molecule has 20 heavy (non-hydrogen) atoms. The quantitative estimate of drug-likeness (QED) is 0.637. The Hall–Kier alpha value is -2.63. The Bertz CT molecular complexity index is 587. The van der Waals surface area contributed by atoms with Gasteiger partial charge in [-0.2, -0.15) is 0 Å². The molecule has 0 bridgehead atoms. The molecular weight excluding hydrogens is 256 g/mol. The van der Waals surface area contributed by atoms with Crippen molar-refractivity contribution in [2.45, 2.75) is 13.5 Å². The number of nitrogens with two attached hydrogens (primary N) is 1. The molecule has 0 spiro atoms. The second-order valence-electron chi connectivity index (χ2n) is 4.08. The van der Waals surface area contributed by atoms with Crippen molar-refractivity contribution in [1.29, 1.82) is 0 Å². The van der Waals surface area contributed by atoms with E-state index in [0.717, 1.165) is 11.4 Å². The van der Waals surface area contributed by atoms with Crippen molar-refractivity contribution in [3.8, 4) is 0 Å². The van der Waals surface area contributed by atoms with Gasteiger partial charge in [-0.25, -0.2) is 14.8 Å². The molecule has 1 heterocycles. The van der Waals surface area contributed by atoms with Gasteiger partial charge in [0.2, 0.25) is 0 Å². The number of hydrogen-bond donors (Lipinski definition) is 2. The van der Waals surface area contributed by atoms with Gasteiger partial charge in [0.05, 0.1) is 35.8 Å². The lowest BCUT2D eigenvalue weighted by atomic mass is 10.1. The van der Waals surface area contributed by atoms with E-state index in [1.54, 1.807) is 31.3 Å². The topological polar surface area (TPSA) is 90.1 Å². The average molecular weight is 272 g/mol. The number of nitrogen functional groups attached to an aromatic ring is 1. The third-order valence-corrected chi connectivity index (χ3v) is 2.67. The van der Waals surface area contributed by atoms with Crippen LogP contribution in [0.3, 0.4) is 0 Å². The monoisotopic (exact) mass is 272 g/mol. The van der Waals surface area contributed by atoms with Crippen molar-refractivity contribution in [3.05, 3.63) is 48.0 Å². The molecular formula is C14H16N4O2. The first-order chi connectivity index (χ1) is 9.70. The summed E-state index contributed by atoms with van der Waals surface area (Å²) in [6.07, 6.45) is 3.17. The standard InChI is InChI=1S/C14H16N4O2/c1-2-20-14(19)10-3-4-13(12(15)7-10)17-8-11-5-6-16-9-18-11/h3-7,9,17H,2,8,15H2,1H3. The Balaban J connectivity index is 2.04. The molecule has 1 aromatic heterocycles. The molecule has 6 heteroatoms. The van der Waals surface area contributed by atoms with Gasteiger partial charge in [-0.3, -0.25) is 0 Å². The highest BCUT2D eigenvalue weighted by Crippen LogP contribution is 2.21. The van der Waals surface area contributed by atoms with E-state index in [4.69, 9.17) is 10.5 Å². The third-order valence-electron chi connectivity index (χ3n) is 2.67. The first-order valence-electron chi connectivity index (χ1n) is 6.26. The van der Waals surface area contributed by atoms with Crippen LogP contribution in [0, 0.1) is 0 Å². The summed E-state index contributed by atoms with van der Waals surface area (Å²) in [4.78, 5) is 19.5. The van der Waals surface area contributed by atoms with Gasteiger partial charge in [0.15, 0.2) is 0 Å². The lowest BCUT2D eigenvalue weighted by Gasteiger charge is -2.10. The number of nitrogens with zero attached hydrogens (tertiary/aromatic N) is 2. The predicted octanol–water partition coefficient (Wildman–Crippen LogP) is 1.85. The van der Waals surface area contributed by atoms with E-state index < -0.39 is 0 Å². The highest BCUT2D eigenvalue weighted by molar-refractivity contribution is 5.91. The molecule has 0 saturated carbocycles. The average Bonchev–Trinajstić information content (AvgIpc) is 2.47. The Morgan fingerprint density at radius 1 is 1.40 bits per heavy atom. The van der Waals surface area contributed by atoms with Crippen LogP contribution in [0.5, 0.6) is 0 Å². The van der Waals surface area contributed by atoms with E-state index in [-0.39, 0.29) is 5.97 Å². The van der Waals surface area contributed by atoms with Crippen LogP contribution in [-0.2, 0) is 11.3 Å². The molecule has 0 fully saturated rings. The largest absolute Gasteiger partial charge is 0.462 e.